The van der Waals surface area contributed by atoms with Crippen LogP contribution in [0.5, 0.6) is 0 Å². The SMILES string of the molecule is CC(C)C1CN(C(=O)CN(C)C)CCCN1. The van der Waals surface area contributed by atoms with Gasteiger partial charge in [0, 0.05) is 19.1 Å². The lowest BCUT2D eigenvalue weighted by Gasteiger charge is -2.27. The number of carbonyl (C=O) groups is 1. The Bertz CT molecular complexity index is 228. The second kappa shape index (κ2) is 6.21. The van der Waals surface area contributed by atoms with E-state index >= 15 is 0 Å². The summed E-state index contributed by atoms with van der Waals surface area (Å²) in [6.07, 6.45) is 1.06. The molecule has 4 nitrogen and oxygen atoms in total. The summed E-state index contributed by atoms with van der Waals surface area (Å²) in [4.78, 5) is 15.9. The summed E-state index contributed by atoms with van der Waals surface area (Å²) < 4.78 is 0. The zero-order valence-corrected chi connectivity index (χ0v) is 11.0. The average Bonchev–Trinajstić information content (AvgIpc) is 2.41. The molecule has 16 heavy (non-hydrogen) atoms. The third kappa shape index (κ3) is 4.10. The molecule has 1 heterocycles. The van der Waals surface area contributed by atoms with E-state index in [4.69, 9.17) is 0 Å². The number of likely N-dealkylation sites (N-methyl/N-ethyl adjacent to an activating group) is 1. The summed E-state index contributed by atoms with van der Waals surface area (Å²) in [7, 11) is 3.88. The molecule has 0 aromatic heterocycles. The molecule has 0 radical (unpaired) electrons. The predicted octanol–water partition coefficient (Wildman–Crippen LogP) is 0.395. The summed E-state index contributed by atoms with van der Waals surface area (Å²) in [6.45, 7) is 7.70. The van der Waals surface area contributed by atoms with Gasteiger partial charge in [0.05, 0.1) is 6.54 Å². The Morgan fingerprint density at radius 2 is 2.19 bits per heavy atom. The van der Waals surface area contributed by atoms with Crippen LogP contribution in [0, 0.1) is 5.92 Å². The molecule has 94 valence electrons. The Balaban J connectivity index is 2.54. The Morgan fingerprint density at radius 3 is 2.75 bits per heavy atom. The Morgan fingerprint density at radius 1 is 1.50 bits per heavy atom. The molecule has 1 N–H and O–H groups in total. The Hall–Kier alpha value is -0.610. The van der Waals surface area contributed by atoms with E-state index in [-0.39, 0.29) is 5.91 Å². The molecule has 1 aliphatic heterocycles. The van der Waals surface area contributed by atoms with Crippen LogP contribution in [-0.4, -0.2) is 62.0 Å². The molecule has 1 saturated heterocycles. The van der Waals surface area contributed by atoms with E-state index in [0.29, 0.717) is 18.5 Å². The second-order valence-electron chi connectivity index (χ2n) is 5.24. The van der Waals surface area contributed by atoms with Crippen molar-refractivity contribution >= 4 is 5.91 Å². The molecule has 1 unspecified atom stereocenters. The van der Waals surface area contributed by atoms with Crippen molar-refractivity contribution in [3.63, 3.8) is 0 Å². The van der Waals surface area contributed by atoms with Crippen LogP contribution in [0.4, 0.5) is 0 Å². The van der Waals surface area contributed by atoms with Crippen molar-refractivity contribution in [3.8, 4) is 0 Å². The number of amides is 1. The number of nitrogens with zero attached hydrogens (tertiary/aromatic N) is 2. The maximum Gasteiger partial charge on any atom is 0.236 e. The van der Waals surface area contributed by atoms with E-state index in [0.717, 1.165) is 26.1 Å². The normalized spacial score (nSPS) is 22.6. The molecule has 0 spiro atoms. The van der Waals surface area contributed by atoms with E-state index in [2.05, 4.69) is 19.2 Å². The van der Waals surface area contributed by atoms with Crippen molar-refractivity contribution in [2.75, 3.05) is 40.3 Å². The quantitative estimate of drug-likeness (QED) is 0.758. The zero-order valence-electron chi connectivity index (χ0n) is 11.0. The van der Waals surface area contributed by atoms with E-state index in [1.54, 1.807) is 0 Å². The van der Waals surface area contributed by atoms with E-state index in [1.165, 1.54) is 0 Å². The molecule has 1 amide bonds. The molecule has 1 atom stereocenters. The average molecular weight is 227 g/mol. The molecule has 4 heteroatoms. The van der Waals surface area contributed by atoms with Gasteiger partial charge in [-0.3, -0.25) is 4.79 Å². The van der Waals surface area contributed by atoms with Gasteiger partial charge in [-0.2, -0.15) is 0 Å². The summed E-state index contributed by atoms with van der Waals surface area (Å²) >= 11 is 0. The highest BCUT2D eigenvalue weighted by molar-refractivity contribution is 5.78. The molecule has 1 fully saturated rings. The van der Waals surface area contributed by atoms with Crippen LogP contribution in [-0.2, 0) is 4.79 Å². The molecule has 0 aromatic carbocycles. The number of hydrogen-bond acceptors (Lipinski definition) is 3. The highest BCUT2D eigenvalue weighted by Gasteiger charge is 2.23. The first kappa shape index (κ1) is 13.5. The van der Waals surface area contributed by atoms with Gasteiger partial charge in [-0.1, -0.05) is 13.8 Å². The van der Waals surface area contributed by atoms with Crippen LogP contribution in [0.15, 0.2) is 0 Å². The maximum atomic E-state index is 12.0. The van der Waals surface area contributed by atoms with Crippen LogP contribution in [0.2, 0.25) is 0 Å². The maximum absolute atomic E-state index is 12.0. The molecular weight excluding hydrogens is 202 g/mol. The van der Waals surface area contributed by atoms with E-state index in [9.17, 15) is 4.79 Å². The fraction of sp³-hybridized carbons (Fsp3) is 0.917. The third-order valence-electron chi connectivity index (χ3n) is 3.04. The first-order chi connectivity index (χ1) is 7.50. The van der Waals surface area contributed by atoms with Crippen molar-refractivity contribution in [3.05, 3.63) is 0 Å². The van der Waals surface area contributed by atoms with Gasteiger partial charge in [-0.15, -0.1) is 0 Å². The highest BCUT2D eigenvalue weighted by atomic mass is 16.2. The molecule has 1 rings (SSSR count). The van der Waals surface area contributed by atoms with Gasteiger partial charge < -0.3 is 15.1 Å². The van der Waals surface area contributed by atoms with Crippen molar-refractivity contribution in [1.29, 1.82) is 0 Å². The topological polar surface area (TPSA) is 35.6 Å². The minimum atomic E-state index is 0.249. The Kier molecular flexibility index (Phi) is 5.22. The lowest BCUT2D eigenvalue weighted by atomic mass is 10.0. The summed E-state index contributed by atoms with van der Waals surface area (Å²) in [5, 5.41) is 3.51. The van der Waals surface area contributed by atoms with Gasteiger partial charge >= 0.3 is 0 Å². The number of nitrogens with one attached hydrogen (secondary N) is 1. The lowest BCUT2D eigenvalue weighted by molar-refractivity contribution is -0.132. The minimum absolute atomic E-state index is 0.249. The minimum Gasteiger partial charge on any atom is -0.340 e. The standard InChI is InChI=1S/C12H25N3O/c1-10(2)11-8-15(7-5-6-13-11)12(16)9-14(3)4/h10-11,13H,5-9H2,1-4H3. The second-order valence-corrected chi connectivity index (χ2v) is 5.24. The van der Waals surface area contributed by atoms with Crippen LogP contribution in [0.3, 0.4) is 0 Å². The number of carbonyl (C=O) groups excluding carboxylic acids is 1. The number of rotatable bonds is 3. The van der Waals surface area contributed by atoms with Gasteiger partial charge in [0.1, 0.15) is 0 Å². The molecule has 0 aliphatic carbocycles. The fourth-order valence-corrected chi connectivity index (χ4v) is 1.99. The first-order valence-electron chi connectivity index (χ1n) is 6.16. The van der Waals surface area contributed by atoms with Crippen molar-refractivity contribution in [2.45, 2.75) is 26.3 Å². The van der Waals surface area contributed by atoms with Crippen LogP contribution in [0.1, 0.15) is 20.3 Å². The fourth-order valence-electron chi connectivity index (χ4n) is 1.99. The van der Waals surface area contributed by atoms with Crippen LogP contribution >= 0.6 is 0 Å². The Labute approximate surface area is 99.0 Å². The van der Waals surface area contributed by atoms with Crippen molar-refractivity contribution in [1.82, 2.24) is 15.1 Å². The molecule has 0 aromatic rings. The van der Waals surface area contributed by atoms with Gasteiger partial charge in [-0.05, 0) is 33.0 Å². The third-order valence-corrected chi connectivity index (χ3v) is 3.04. The van der Waals surface area contributed by atoms with E-state index in [1.807, 2.05) is 23.9 Å². The van der Waals surface area contributed by atoms with E-state index < -0.39 is 0 Å². The summed E-state index contributed by atoms with van der Waals surface area (Å²) in [5.41, 5.74) is 0. The van der Waals surface area contributed by atoms with Gasteiger partial charge in [0.2, 0.25) is 5.91 Å². The van der Waals surface area contributed by atoms with Gasteiger partial charge in [0.15, 0.2) is 0 Å². The number of hydrogen-bond donors (Lipinski definition) is 1. The van der Waals surface area contributed by atoms with Gasteiger partial charge in [-0.25, -0.2) is 0 Å². The molecule has 0 saturated carbocycles. The largest absolute Gasteiger partial charge is 0.340 e. The van der Waals surface area contributed by atoms with Crippen molar-refractivity contribution in [2.24, 2.45) is 5.92 Å². The predicted molar refractivity (Wildman–Crippen MR) is 66.4 cm³/mol. The first-order valence-corrected chi connectivity index (χ1v) is 6.16. The summed E-state index contributed by atoms with van der Waals surface area (Å²) in [5.74, 6) is 0.826. The smallest absolute Gasteiger partial charge is 0.236 e. The molecule has 0 bridgehead atoms. The monoisotopic (exact) mass is 227 g/mol. The van der Waals surface area contributed by atoms with Crippen molar-refractivity contribution < 1.29 is 4.79 Å². The lowest BCUT2D eigenvalue weighted by Crippen LogP contribution is -2.45. The van der Waals surface area contributed by atoms with Crippen LogP contribution in [0.25, 0.3) is 0 Å². The molecular formula is C12H25N3O. The zero-order chi connectivity index (χ0) is 12.1. The molecule has 1 aliphatic rings. The van der Waals surface area contributed by atoms with Gasteiger partial charge in [0.25, 0.3) is 0 Å². The van der Waals surface area contributed by atoms with Crippen LogP contribution < -0.4 is 5.32 Å². The summed E-state index contributed by atoms with van der Waals surface area (Å²) in [6, 6.07) is 0.439. The highest BCUT2D eigenvalue weighted by Crippen LogP contribution is 2.08.